The van der Waals surface area contributed by atoms with Crippen LogP contribution in [0.2, 0.25) is 10.0 Å². The molecular weight excluding hydrogens is 375 g/mol. The zero-order chi connectivity index (χ0) is 18.7. The van der Waals surface area contributed by atoms with Crippen molar-refractivity contribution in [2.24, 2.45) is 0 Å². The summed E-state index contributed by atoms with van der Waals surface area (Å²) in [6, 6.07) is 12.0. The van der Waals surface area contributed by atoms with E-state index in [0.29, 0.717) is 39.0 Å². The predicted molar refractivity (Wildman–Crippen MR) is 103 cm³/mol. The van der Waals surface area contributed by atoms with Gasteiger partial charge in [-0.2, -0.15) is 0 Å². The van der Waals surface area contributed by atoms with Gasteiger partial charge in [0.2, 0.25) is 0 Å². The van der Waals surface area contributed by atoms with Crippen LogP contribution in [0.1, 0.15) is 5.82 Å². The van der Waals surface area contributed by atoms with E-state index in [1.54, 1.807) is 36.4 Å². The van der Waals surface area contributed by atoms with E-state index in [1.807, 2.05) is 13.1 Å². The van der Waals surface area contributed by atoms with Gasteiger partial charge in [-0.1, -0.05) is 35.3 Å². The fourth-order valence-electron chi connectivity index (χ4n) is 2.63. The van der Waals surface area contributed by atoms with Gasteiger partial charge < -0.3 is 15.2 Å². The highest BCUT2D eigenvalue weighted by atomic mass is 35.5. The number of aromatic amines is 1. The van der Waals surface area contributed by atoms with Gasteiger partial charge in [0.15, 0.2) is 12.4 Å². The molecule has 3 N–H and O–H groups in total. The Morgan fingerprint density at radius 1 is 1.23 bits per heavy atom. The number of rotatable bonds is 5. The van der Waals surface area contributed by atoms with Crippen molar-refractivity contribution in [2.45, 2.75) is 6.54 Å². The second-order valence-corrected chi connectivity index (χ2v) is 6.86. The Morgan fingerprint density at radius 3 is 2.81 bits per heavy atom. The smallest absolute Gasteiger partial charge is 0.279 e. The van der Waals surface area contributed by atoms with Gasteiger partial charge in [-0.3, -0.25) is 9.59 Å². The molecule has 0 fully saturated rings. The summed E-state index contributed by atoms with van der Waals surface area (Å²) in [5.41, 5.74) is 0.914. The van der Waals surface area contributed by atoms with Gasteiger partial charge in [-0.05, 0) is 30.3 Å². The fourth-order valence-corrected chi connectivity index (χ4v) is 2.97. The van der Waals surface area contributed by atoms with Crippen molar-refractivity contribution in [1.29, 1.82) is 0 Å². The maximum Gasteiger partial charge on any atom is 0.279 e. The molecule has 1 amide bonds. The number of nitrogens with one attached hydrogen (secondary N) is 3. The fraction of sp³-hybridized carbons (Fsp3) is 0.167. The van der Waals surface area contributed by atoms with Gasteiger partial charge in [0.25, 0.3) is 11.5 Å². The number of aromatic nitrogens is 2. The van der Waals surface area contributed by atoms with E-state index in [4.69, 9.17) is 23.2 Å². The summed E-state index contributed by atoms with van der Waals surface area (Å²) >= 11 is 12.0. The van der Waals surface area contributed by atoms with Crippen molar-refractivity contribution >= 4 is 45.7 Å². The van der Waals surface area contributed by atoms with Crippen LogP contribution in [0.25, 0.3) is 10.9 Å². The lowest BCUT2D eigenvalue weighted by Gasteiger charge is -2.14. The molecule has 1 unspecified atom stereocenters. The van der Waals surface area contributed by atoms with Crippen LogP contribution in [0.15, 0.2) is 47.3 Å². The molecule has 2 aromatic carbocycles. The van der Waals surface area contributed by atoms with Gasteiger partial charge >= 0.3 is 0 Å². The van der Waals surface area contributed by atoms with Crippen LogP contribution in [0.5, 0.6) is 0 Å². The number of carbonyl (C=O) groups is 1. The quantitative estimate of drug-likeness (QED) is 0.621. The molecule has 0 spiro atoms. The number of halogens is 2. The Hall–Kier alpha value is -2.41. The number of benzene rings is 2. The van der Waals surface area contributed by atoms with Crippen LogP contribution in [-0.4, -0.2) is 29.5 Å². The summed E-state index contributed by atoms with van der Waals surface area (Å²) in [7, 11) is 1.84. The number of H-pyrrole nitrogens is 1. The molecule has 0 aliphatic rings. The number of para-hydroxylation sites is 1. The first-order valence-corrected chi connectivity index (χ1v) is 8.72. The number of anilines is 1. The van der Waals surface area contributed by atoms with Crippen molar-refractivity contribution in [1.82, 2.24) is 9.97 Å². The Balaban J connectivity index is 1.67. The number of quaternary nitrogens is 1. The zero-order valence-corrected chi connectivity index (χ0v) is 15.5. The summed E-state index contributed by atoms with van der Waals surface area (Å²) in [6.07, 6.45) is 0. The standard InChI is InChI=1S/C18H16Cl2N4O2/c1-24(10-17(25)22-15-8-11(19)6-7-13(15)20)9-16-21-14-5-3-2-4-12(14)18(26)23-16/h2-8H,9-10H2,1H3,(H,22,25)(H,21,23,26)/p+1. The number of likely N-dealkylation sites (N-methyl/N-ethyl adjacent to an activating group) is 1. The molecule has 8 heteroatoms. The maximum absolute atomic E-state index is 12.2. The van der Waals surface area contributed by atoms with E-state index in [9.17, 15) is 9.59 Å². The average molecular weight is 392 g/mol. The van der Waals surface area contributed by atoms with Crippen molar-refractivity contribution in [2.75, 3.05) is 18.9 Å². The van der Waals surface area contributed by atoms with E-state index >= 15 is 0 Å². The van der Waals surface area contributed by atoms with Crippen molar-refractivity contribution in [3.05, 3.63) is 68.7 Å². The van der Waals surface area contributed by atoms with Crippen molar-refractivity contribution in [3.8, 4) is 0 Å². The average Bonchev–Trinajstić information content (AvgIpc) is 2.58. The number of carbonyl (C=O) groups excluding carboxylic acids is 1. The highest BCUT2D eigenvalue weighted by Gasteiger charge is 2.14. The second kappa shape index (κ2) is 7.86. The number of amides is 1. The molecule has 1 aromatic heterocycles. The van der Waals surface area contributed by atoms with Gasteiger partial charge in [0.1, 0.15) is 6.54 Å². The molecule has 0 saturated heterocycles. The number of fused-ring (bicyclic) bond motifs is 1. The summed E-state index contributed by atoms with van der Waals surface area (Å²) in [6.45, 7) is 0.580. The monoisotopic (exact) mass is 391 g/mol. The van der Waals surface area contributed by atoms with Gasteiger partial charge in [0, 0.05) is 5.02 Å². The van der Waals surface area contributed by atoms with Crippen LogP contribution >= 0.6 is 23.2 Å². The lowest BCUT2D eigenvalue weighted by atomic mass is 10.2. The Morgan fingerprint density at radius 2 is 2.00 bits per heavy atom. The minimum Gasteiger partial charge on any atom is -0.323 e. The molecule has 1 atom stereocenters. The summed E-state index contributed by atoms with van der Waals surface area (Å²) in [5.74, 6) is 0.314. The number of nitrogens with zero attached hydrogens (tertiary/aromatic N) is 1. The van der Waals surface area contributed by atoms with Crippen molar-refractivity contribution in [3.63, 3.8) is 0 Å². The first-order chi connectivity index (χ1) is 12.4. The van der Waals surface area contributed by atoms with E-state index in [2.05, 4.69) is 15.3 Å². The predicted octanol–water partition coefficient (Wildman–Crippen LogP) is 1.88. The van der Waals surface area contributed by atoms with E-state index < -0.39 is 0 Å². The van der Waals surface area contributed by atoms with Crippen LogP contribution in [-0.2, 0) is 11.3 Å². The number of hydrogen-bond donors (Lipinski definition) is 3. The van der Waals surface area contributed by atoms with Crippen LogP contribution in [0, 0.1) is 0 Å². The van der Waals surface area contributed by atoms with Crippen LogP contribution < -0.4 is 15.8 Å². The Kier molecular flexibility index (Phi) is 5.56. The molecule has 0 aliphatic heterocycles. The lowest BCUT2D eigenvalue weighted by molar-refractivity contribution is -0.885. The topological polar surface area (TPSA) is 79.3 Å². The lowest BCUT2D eigenvalue weighted by Crippen LogP contribution is -3.08. The zero-order valence-electron chi connectivity index (χ0n) is 14.0. The van der Waals surface area contributed by atoms with Gasteiger partial charge in [-0.25, -0.2) is 4.98 Å². The summed E-state index contributed by atoms with van der Waals surface area (Å²) in [5, 5.41) is 4.19. The SMILES string of the molecule is C[NH+](CC(=O)Nc1cc(Cl)ccc1Cl)Cc1nc2ccccc2c(=O)[nH]1. The molecular formula is C18H17Cl2N4O2+. The first-order valence-electron chi connectivity index (χ1n) is 7.96. The summed E-state index contributed by atoms with van der Waals surface area (Å²) in [4.78, 5) is 32.4. The Bertz CT molecular complexity index is 1020. The molecule has 1 heterocycles. The third kappa shape index (κ3) is 4.40. The van der Waals surface area contributed by atoms with Gasteiger partial charge in [0.05, 0.1) is 28.7 Å². The molecule has 3 aromatic rings. The van der Waals surface area contributed by atoms with Crippen LogP contribution in [0.3, 0.4) is 0 Å². The van der Waals surface area contributed by atoms with E-state index in [-0.39, 0.29) is 18.0 Å². The van der Waals surface area contributed by atoms with Gasteiger partial charge in [-0.15, -0.1) is 0 Å². The number of hydrogen-bond acceptors (Lipinski definition) is 3. The molecule has 3 rings (SSSR count). The van der Waals surface area contributed by atoms with E-state index in [1.165, 1.54) is 0 Å². The Labute approximate surface area is 159 Å². The highest BCUT2D eigenvalue weighted by molar-refractivity contribution is 6.35. The minimum absolute atomic E-state index is 0.180. The van der Waals surface area contributed by atoms with Crippen LogP contribution in [0.4, 0.5) is 5.69 Å². The molecule has 6 nitrogen and oxygen atoms in total. The third-order valence-electron chi connectivity index (χ3n) is 3.80. The molecule has 0 aliphatic carbocycles. The molecule has 26 heavy (non-hydrogen) atoms. The van der Waals surface area contributed by atoms with E-state index in [0.717, 1.165) is 4.90 Å². The first kappa shape index (κ1) is 18.4. The van der Waals surface area contributed by atoms with Crippen molar-refractivity contribution < 1.29 is 9.69 Å². The molecule has 0 radical (unpaired) electrons. The second-order valence-electron chi connectivity index (χ2n) is 6.01. The maximum atomic E-state index is 12.2. The minimum atomic E-state index is -0.213. The largest absolute Gasteiger partial charge is 0.323 e. The molecule has 134 valence electrons. The molecule has 0 bridgehead atoms. The molecule has 0 saturated carbocycles. The third-order valence-corrected chi connectivity index (χ3v) is 4.36. The summed E-state index contributed by atoms with van der Waals surface area (Å²) < 4.78 is 0. The highest BCUT2D eigenvalue weighted by Crippen LogP contribution is 2.25. The normalized spacial score (nSPS) is 12.1.